The number of nitrogens with zero attached hydrogens (tertiary/aromatic N) is 1. The first-order valence-corrected chi connectivity index (χ1v) is 16.8. The van der Waals surface area contributed by atoms with Crippen LogP contribution in [0.3, 0.4) is 0 Å². The summed E-state index contributed by atoms with van der Waals surface area (Å²) in [6.45, 7) is 6.18. The summed E-state index contributed by atoms with van der Waals surface area (Å²) in [7, 11) is 0. The van der Waals surface area contributed by atoms with Gasteiger partial charge in [-0.3, -0.25) is 9.59 Å². The molecule has 2 atom stereocenters. The number of aliphatic hydroxyl groups is 1. The molecule has 2 aliphatic rings. The first-order valence-electron chi connectivity index (χ1n) is 16.8. The van der Waals surface area contributed by atoms with Crippen molar-refractivity contribution in [2.75, 3.05) is 20.0 Å². The first-order chi connectivity index (χ1) is 24.1. The Hall–Kier alpha value is -5.35. The lowest BCUT2D eigenvalue weighted by atomic mass is 9.83. The van der Waals surface area contributed by atoms with Crippen molar-refractivity contribution in [3.8, 4) is 28.4 Å². The molecule has 0 saturated carbocycles. The highest BCUT2D eigenvalue weighted by atomic mass is 16.7. The van der Waals surface area contributed by atoms with Crippen LogP contribution in [0, 0.1) is 0 Å². The number of fused-ring (bicyclic) bond motifs is 1. The summed E-state index contributed by atoms with van der Waals surface area (Å²) in [5.74, 6) is 1.33. The minimum absolute atomic E-state index is 0.0336. The molecular weight excluding hydrogens is 636 g/mol. The zero-order valence-electron chi connectivity index (χ0n) is 28.5. The largest absolute Gasteiger partial charge is 0.494 e. The zero-order valence-corrected chi connectivity index (χ0v) is 28.5. The number of rotatable bonds is 13. The Morgan fingerprint density at radius 1 is 0.900 bits per heavy atom. The number of aliphatic hydroxyl groups excluding tert-OH is 1. The van der Waals surface area contributed by atoms with Gasteiger partial charge in [0.25, 0.3) is 5.91 Å². The Bertz CT molecular complexity index is 1820. The molecule has 4 aromatic rings. The van der Waals surface area contributed by atoms with Crippen LogP contribution in [-0.4, -0.2) is 54.0 Å². The number of hydrogen-bond donors (Lipinski definition) is 2. The minimum Gasteiger partial charge on any atom is -0.494 e. The normalized spacial score (nSPS) is 17.8. The molecule has 1 amide bonds. The number of nitrogens with one attached hydrogen (secondary N) is 1. The lowest BCUT2D eigenvalue weighted by Gasteiger charge is -2.31. The fourth-order valence-electron chi connectivity index (χ4n) is 5.92. The van der Waals surface area contributed by atoms with E-state index >= 15 is 0 Å². The highest BCUT2D eigenvalue weighted by molar-refractivity contribution is 6.01. The van der Waals surface area contributed by atoms with Crippen LogP contribution in [0.2, 0.25) is 0 Å². The van der Waals surface area contributed by atoms with Crippen molar-refractivity contribution in [1.29, 1.82) is 0 Å². The number of benzene rings is 4. The molecule has 0 radical (unpaired) electrons. The SMILES string of the molecule is CC(C)(C)OC(=O)CC[C@@]1(C(=O)NCc2ccc3c(c2)OCO3)N=C(c2ccc(OCCCO)cc2)O[C@@H]1c1ccc(-c2ccccc2)cc1. The molecular formula is C40H42N2O8. The molecule has 10 nitrogen and oxygen atoms in total. The number of amides is 1. The summed E-state index contributed by atoms with van der Waals surface area (Å²) < 4.78 is 29.0. The Kier molecular flexibility index (Phi) is 10.4. The van der Waals surface area contributed by atoms with Crippen molar-refractivity contribution in [2.24, 2.45) is 4.99 Å². The van der Waals surface area contributed by atoms with Gasteiger partial charge in [0.05, 0.1) is 6.61 Å². The van der Waals surface area contributed by atoms with E-state index in [4.69, 9.17) is 33.8 Å². The predicted molar refractivity (Wildman–Crippen MR) is 188 cm³/mol. The van der Waals surface area contributed by atoms with E-state index in [0.29, 0.717) is 35.8 Å². The molecule has 0 unspecified atom stereocenters. The second kappa shape index (κ2) is 15.0. The first kappa shape index (κ1) is 34.5. The number of hydrogen-bond acceptors (Lipinski definition) is 9. The fourth-order valence-corrected chi connectivity index (χ4v) is 5.92. The summed E-state index contributed by atoms with van der Waals surface area (Å²) in [5.41, 5.74) is 2.04. The van der Waals surface area contributed by atoms with E-state index in [2.05, 4.69) is 5.32 Å². The molecule has 2 aliphatic heterocycles. The third-order valence-corrected chi connectivity index (χ3v) is 8.37. The highest BCUT2D eigenvalue weighted by Gasteiger charge is 2.53. The number of esters is 1. The molecule has 0 aromatic heterocycles. The molecule has 10 heteroatoms. The fraction of sp³-hybridized carbons (Fsp3) is 0.325. The average molecular weight is 679 g/mol. The van der Waals surface area contributed by atoms with E-state index in [1.807, 2.05) is 106 Å². The lowest BCUT2D eigenvalue weighted by Crippen LogP contribution is -2.48. The molecule has 2 N–H and O–H groups in total. The van der Waals surface area contributed by atoms with Crippen molar-refractivity contribution >= 4 is 17.8 Å². The van der Waals surface area contributed by atoms with Gasteiger partial charge < -0.3 is 34.1 Å². The topological polar surface area (TPSA) is 125 Å². The lowest BCUT2D eigenvalue weighted by molar-refractivity contribution is -0.155. The molecule has 260 valence electrons. The van der Waals surface area contributed by atoms with Crippen LogP contribution in [0.25, 0.3) is 11.1 Å². The zero-order chi connectivity index (χ0) is 35.1. The van der Waals surface area contributed by atoms with E-state index in [1.54, 1.807) is 12.1 Å². The third-order valence-electron chi connectivity index (χ3n) is 8.37. The van der Waals surface area contributed by atoms with Crippen LogP contribution < -0.4 is 19.5 Å². The smallest absolute Gasteiger partial charge is 0.306 e. The van der Waals surface area contributed by atoms with E-state index in [9.17, 15) is 9.59 Å². The van der Waals surface area contributed by atoms with Crippen LogP contribution >= 0.6 is 0 Å². The summed E-state index contributed by atoms with van der Waals surface area (Å²) >= 11 is 0. The van der Waals surface area contributed by atoms with Gasteiger partial charge in [-0.05, 0) is 85.8 Å². The van der Waals surface area contributed by atoms with Gasteiger partial charge in [-0.15, -0.1) is 0 Å². The second-order valence-corrected chi connectivity index (χ2v) is 13.2. The van der Waals surface area contributed by atoms with Crippen LogP contribution in [0.15, 0.2) is 102 Å². The van der Waals surface area contributed by atoms with Gasteiger partial charge in [0.2, 0.25) is 12.7 Å². The van der Waals surface area contributed by atoms with Gasteiger partial charge in [-0.2, -0.15) is 0 Å². The van der Waals surface area contributed by atoms with Gasteiger partial charge in [-0.25, -0.2) is 4.99 Å². The van der Waals surface area contributed by atoms with Crippen molar-refractivity contribution in [3.05, 3.63) is 114 Å². The van der Waals surface area contributed by atoms with E-state index in [-0.39, 0.29) is 38.7 Å². The molecule has 6 rings (SSSR count). The van der Waals surface area contributed by atoms with E-state index in [0.717, 1.165) is 22.3 Å². The van der Waals surface area contributed by atoms with Gasteiger partial charge in [-0.1, -0.05) is 60.7 Å². The maximum atomic E-state index is 14.6. The standard InChI is InChI=1S/C40H42N2O8/c1-39(2,3)50-35(44)20-21-40(38(45)41-25-27-10-19-33-34(24-27)48-26-47-33)36(30-13-11-29(12-14-30)28-8-5-4-6-9-28)49-37(42-40)31-15-17-32(18-16-31)46-23-7-22-43/h4-6,8-19,24,36,43H,7,20-23,25-26H2,1-3H3,(H,41,45)/t36-,40-/m1/s1. The quantitative estimate of drug-likeness (QED) is 0.121. The number of ether oxygens (including phenoxy) is 5. The van der Waals surface area contributed by atoms with Crippen molar-refractivity contribution in [1.82, 2.24) is 5.32 Å². The van der Waals surface area contributed by atoms with Crippen LogP contribution in [0.5, 0.6) is 17.2 Å². The maximum absolute atomic E-state index is 14.6. The molecule has 4 aromatic carbocycles. The Labute approximate surface area is 292 Å². The summed E-state index contributed by atoms with van der Waals surface area (Å²) in [6, 6.07) is 30.6. The van der Waals surface area contributed by atoms with Crippen molar-refractivity contribution in [3.63, 3.8) is 0 Å². The molecule has 0 saturated heterocycles. The average Bonchev–Trinajstić information content (AvgIpc) is 3.75. The number of carbonyl (C=O) groups excluding carboxylic acids is 2. The van der Waals surface area contributed by atoms with Crippen LogP contribution in [0.4, 0.5) is 0 Å². The molecule has 0 aliphatic carbocycles. The molecule has 0 bridgehead atoms. The minimum atomic E-state index is -1.52. The molecule has 0 fully saturated rings. The monoisotopic (exact) mass is 678 g/mol. The predicted octanol–water partition coefficient (Wildman–Crippen LogP) is 6.54. The van der Waals surface area contributed by atoms with E-state index in [1.165, 1.54) is 0 Å². The summed E-state index contributed by atoms with van der Waals surface area (Å²) in [6.07, 6.45) is -0.372. The van der Waals surface area contributed by atoms with Crippen LogP contribution in [-0.2, 0) is 25.6 Å². The van der Waals surface area contributed by atoms with Crippen LogP contribution in [0.1, 0.15) is 62.8 Å². The molecule has 50 heavy (non-hydrogen) atoms. The maximum Gasteiger partial charge on any atom is 0.306 e. The molecule has 0 spiro atoms. The van der Waals surface area contributed by atoms with Crippen molar-refractivity contribution in [2.45, 2.75) is 63.8 Å². The number of carbonyl (C=O) groups is 2. The Balaban J connectivity index is 1.36. The summed E-state index contributed by atoms with van der Waals surface area (Å²) in [5, 5.41) is 12.2. The third kappa shape index (κ3) is 8.09. The van der Waals surface area contributed by atoms with Gasteiger partial charge in [0, 0.05) is 31.6 Å². The van der Waals surface area contributed by atoms with Gasteiger partial charge in [0.1, 0.15) is 11.4 Å². The number of aliphatic imine (C=N–C) groups is 1. The molecule has 2 heterocycles. The van der Waals surface area contributed by atoms with E-state index < -0.39 is 29.1 Å². The Morgan fingerprint density at radius 2 is 1.60 bits per heavy atom. The summed E-state index contributed by atoms with van der Waals surface area (Å²) in [4.78, 5) is 32.7. The second-order valence-electron chi connectivity index (χ2n) is 13.2. The highest BCUT2D eigenvalue weighted by Crippen LogP contribution is 2.44. The Morgan fingerprint density at radius 3 is 2.32 bits per heavy atom. The van der Waals surface area contributed by atoms with Crippen molar-refractivity contribution < 1.29 is 38.4 Å². The van der Waals surface area contributed by atoms with Gasteiger partial charge in [0.15, 0.2) is 23.1 Å². The van der Waals surface area contributed by atoms with Gasteiger partial charge >= 0.3 is 5.97 Å².